The first-order chi connectivity index (χ1) is 7.66. The van der Waals surface area contributed by atoms with Gasteiger partial charge in [-0.1, -0.05) is 26.7 Å². The molecule has 0 aromatic heterocycles. The van der Waals surface area contributed by atoms with Gasteiger partial charge in [0.05, 0.1) is 13.7 Å². The maximum Gasteiger partial charge on any atom is 0.326 e. The van der Waals surface area contributed by atoms with Gasteiger partial charge in [-0.3, -0.25) is 10.1 Å². The predicted molar refractivity (Wildman–Crippen MR) is 64.4 cm³/mol. The molecule has 0 spiro atoms. The van der Waals surface area contributed by atoms with E-state index in [-0.39, 0.29) is 5.97 Å². The van der Waals surface area contributed by atoms with E-state index in [1.807, 2.05) is 6.92 Å². The van der Waals surface area contributed by atoms with Crippen molar-refractivity contribution in [3.63, 3.8) is 0 Å². The normalized spacial score (nSPS) is 14.5. The van der Waals surface area contributed by atoms with Crippen molar-refractivity contribution in [2.75, 3.05) is 27.4 Å². The van der Waals surface area contributed by atoms with Gasteiger partial charge in [0.25, 0.3) is 0 Å². The average molecular weight is 231 g/mol. The van der Waals surface area contributed by atoms with Crippen molar-refractivity contribution in [2.45, 2.75) is 45.1 Å². The molecule has 0 fully saturated rings. The Hall–Kier alpha value is -0.610. The topological polar surface area (TPSA) is 47.6 Å². The Morgan fingerprint density at radius 3 is 2.44 bits per heavy atom. The van der Waals surface area contributed by atoms with Crippen LogP contribution < -0.4 is 5.32 Å². The zero-order chi connectivity index (χ0) is 12.4. The van der Waals surface area contributed by atoms with E-state index in [0.717, 1.165) is 25.7 Å². The number of methoxy groups -OCH3 is 2. The fraction of sp³-hybridized carbons (Fsp3) is 0.917. The first-order valence-electron chi connectivity index (χ1n) is 5.99. The van der Waals surface area contributed by atoms with E-state index in [1.165, 1.54) is 7.11 Å². The van der Waals surface area contributed by atoms with Gasteiger partial charge < -0.3 is 9.47 Å². The van der Waals surface area contributed by atoms with Crippen LogP contribution in [0.2, 0.25) is 0 Å². The summed E-state index contributed by atoms with van der Waals surface area (Å²) < 4.78 is 9.88. The zero-order valence-electron chi connectivity index (χ0n) is 11.0. The number of hydrogen-bond acceptors (Lipinski definition) is 4. The quantitative estimate of drug-likeness (QED) is 0.485. The van der Waals surface area contributed by atoms with E-state index in [4.69, 9.17) is 9.47 Å². The zero-order valence-corrected chi connectivity index (χ0v) is 11.0. The highest BCUT2D eigenvalue weighted by Gasteiger charge is 2.36. The maximum atomic E-state index is 11.8. The van der Waals surface area contributed by atoms with Crippen molar-refractivity contribution in [1.82, 2.24) is 5.32 Å². The van der Waals surface area contributed by atoms with Crippen LogP contribution in [-0.2, 0) is 14.3 Å². The summed E-state index contributed by atoms with van der Waals surface area (Å²) in [5, 5.41) is 3.27. The van der Waals surface area contributed by atoms with Gasteiger partial charge in [-0.2, -0.15) is 0 Å². The lowest BCUT2D eigenvalue weighted by Gasteiger charge is -2.31. The summed E-state index contributed by atoms with van der Waals surface area (Å²) in [5.41, 5.74) is -0.538. The highest BCUT2D eigenvalue weighted by atomic mass is 16.5. The summed E-state index contributed by atoms with van der Waals surface area (Å²) in [5.74, 6) is -0.167. The Morgan fingerprint density at radius 1 is 1.31 bits per heavy atom. The second-order valence-electron chi connectivity index (χ2n) is 3.95. The molecule has 0 bridgehead atoms. The van der Waals surface area contributed by atoms with E-state index in [9.17, 15) is 4.79 Å². The molecule has 0 saturated carbocycles. The fourth-order valence-electron chi connectivity index (χ4n) is 1.78. The Bertz CT molecular complexity index is 197. The van der Waals surface area contributed by atoms with Crippen LogP contribution in [-0.4, -0.2) is 38.9 Å². The molecule has 1 atom stereocenters. The first-order valence-corrected chi connectivity index (χ1v) is 5.99. The van der Waals surface area contributed by atoms with Crippen LogP contribution >= 0.6 is 0 Å². The van der Waals surface area contributed by atoms with Gasteiger partial charge in [0.1, 0.15) is 5.54 Å². The number of rotatable bonds is 9. The molecule has 1 N–H and O–H groups in total. The minimum Gasteiger partial charge on any atom is -0.468 e. The van der Waals surface area contributed by atoms with Crippen LogP contribution in [0.5, 0.6) is 0 Å². The summed E-state index contributed by atoms with van der Waals surface area (Å²) in [6.07, 6.45) is 3.65. The van der Waals surface area contributed by atoms with Gasteiger partial charge in [0.15, 0.2) is 0 Å². The van der Waals surface area contributed by atoms with E-state index in [2.05, 4.69) is 12.2 Å². The SMILES string of the molecule is CCCCC(CC)(NCCOC)C(=O)OC. The molecule has 0 saturated heterocycles. The fourth-order valence-corrected chi connectivity index (χ4v) is 1.78. The van der Waals surface area contributed by atoms with Gasteiger partial charge in [-0.05, 0) is 12.8 Å². The van der Waals surface area contributed by atoms with Gasteiger partial charge in [-0.25, -0.2) is 0 Å². The number of unbranched alkanes of at least 4 members (excludes halogenated alkanes) is 1. The highest BCUT2D eigenvalue weighted by molar-refractivity contribution is 5.80. The molecule has 0 heterocycles. The third-order valence-corrected chi connectivity index (χ3v) is 2.91. The van der Waals surface area contributed by atoms with Crippen molar-refractivity contribution in [3.8, 4) is 0 Å². The van der Waals surface area contributed by atoms with Crippen LogP contribution in [0.15, 0.2) is 0 Å². The van der Waals surface area contributed by atoms with Crippen molar-refractivity contribution in [3.05, 3.63) is 0 Å². The predicted octanol–water partition coefficient (Wildman–Crippen LogP) is 1.73. The molecule has 1 unspecified atom stereocenters. The summed E-state index contributed by atoms with van der Waals surface area (Å²) >= 11 is 0. The number of hydrogen-bond donors (Lipinski definition) is 1. The van der Waals surface area contributed by atoms with Gasteiger partial charge >= 0.3 is 5.97 Å². The third-order valence-electron chi connectivity index (χ3n) is 2.91. The second-order valence-corrected chi connectivity index (χ2v) is 3.95. The van der Waals surface area contributed by atoms with Crippen LogP contribution in [0.4, 0.5) is 0 Å². The van der Waals surface area contributed by atoms with Crippen molar-refractivity contribution < 1.29 is 14.3 Å². The Labute approximate surface area is 98.7 Å². The van der Waals surface area contributed by atoms with Crippen LogP contribution in [0.3, 0.4) is 0 Å². The van der Waals surface area contributed by atoms with Crippen molar-refractivity contribution >= 4 is 5.97 Å². The molecule has 16 heavy (non-hydrogen) atoms. The smallest absolute Gasteiger partial charge is 0.326 e. The lowest BCUT2D eigenvalue weighted by Crippen LogP contribution is -2.53. The Balaban J connectivity index is 4.47. The van der Waals surface area contributed by atoms with Gasteiger partial charge in [0, 0.05) is 13.7 Å². The number of nitrogens with one attached hydrogen (secondary N) is 1. The Morgan fingerprint density at radius 2 is 2.00 bits per heavy atom. The largest absolute Gasteiger partial charge is 0.468 e. The van der Waals surface area contributed by atoms with Crippen molar-refractivity contribution in [1.29, 1.82) is 0 Å². The van der Waals surface area contributed by atoms with Crippen LogP contribution in [0.25, 0.3) is 0 Å². The summed E-state index contributed by atoms with van der Waals surface area (Å²) in [4.78, 5) is 11.8. The summed E-state index contributed by atoms with van der Waals surface area (Å²) in [6.45, 7) is 5.40. The molecule has 0 aromatic rings. The second kappa shape index (κ2) is 8.53. The number of carbonyl (C=O) groups is 1. The molecule has 0 amide bonds. The van der Waals surface area contributed by atoms with Gasteiger partial charge in [0.2, 0.25) is 0 Å². The summed E-state index contributed by atoms with van der Waals surface area (Å²) in [6, 6.07) is 0. The average Bonchev–Trinajstić information content (AvgIpc) is 2.33. The molecule has 0 aliphatic rings. The maximum absolute atomic E-state index is 11.8. The molecular weight excluding hydrogens is 206 g/mol. The van der Waals surface area contributed by atoms with Crippen LogP contribution in [0.1, 0.15) is 39.5 Å². The van der Waals surface area contributed by atoms with E-state index < -0.39 is 5.54 Å². The van der Waals surface area contributed by atoms with E-state index >= 15 is 0 Å². The van der Waals surface area contributed by atoms with Crippen molar-refractivity contribution in [2.24, 2.45) is 0 Å². The highest BCUT2D eigenvalue weighted by Crippen LogP contribution is 2.20. The molecule has 0 aliphatic carbocycles. The lowest BCUT2D eigenvalue weighted by molar-refractivity contribution is -0.149. The molecule has 0 radical (unpaired) electrons. The minimum absolute atomic E-state index is 0.167. The number of esters is 1. The van der Waals surface area contributed by atoms with E-state index in [0.29, 0.717) is 13.2 Å². The molecule has 96 valence electrons. The summed E-state index contributed by atoms with van der Waals surface area (Å²) in [7, 11) is 3.09. The lowest BCUT2D eigenvalue weighted by atomic mass is 9.89. The molecule has 0 aromatic carbocycles. The van der Waals surface area contributed by atoms with E-state index in [1.54, 1.807) is 7.11 Å². The molecular formula is C12H25NO3. The number of carbonyl (C=O) groups excluding carboxylic acids is 1. The third kappa shape index (κ3) is 4.49. The molecule has 0 aliphatic heterocycles. The number of ether oxygens (including phenoxy) is 2. The Kier molecular flexibility index (Phi) is 8.21. The molecule has 0 rings (SSSR count). The molecule has 4 nitrogen and oxygen atoms in total. The standard InChI is InChI=1S/C12H25NO3/c1-5-7-8-12(6-2,11(14)16-4)13-9-10-15-3/h13H,5-10H2,1-4H3. The first kappa shape index (κ1) is 15.4. The molecule has 4 heteroatoms. The van der Waals surface area contributed by atoms with Gasteiger partial charge in [-0.15, -0.1) is 0 Å². The minimum atomic E-state index is -0.538. The van der Waals surface area contributed by atoms with Crippen LogP contribution in [0, 0.1) is 0 Å². The monoisotopic (exact) mass is 231 g/mol.